The molecule has 1 unspecified atom stereocenters. The van der Waals surface area contributed by atoms with Crippen LogP contribution in [0.5, 0.6) is 0 Å². The summed E-state index contributed by atoms with van der Waals surface area (Å²) in [6.07, 6.45) is 0. The average molecular weight is 369 g/mol. The SMILES string of the molecule is Cc1cc(S(=O)(=O)NC(C)c2ccc(Br)cc2)ccc1N. The molecular weight excluding hydrogens is 352 g/mol. The first-order valence-electron chi connectivity index (χ1n) is 6.43. The van der Waals surface area contributed by atoms with Crippen molar-refractivity contribution in [2.75, 3.05) is 5.73 Å². The maximum atomic E-state index is 12.4. The van der Waals surface area contributed by atoms with Crippen molar-refractivity contribution in [3.63, 3.8) is 0 Å². The zero-order chi connectivity index (χ0) is 15.6. The summed E-state index contributed by atoms with van der Waals surface area (Å²) in [5.41, 5.74) is 7.94. The van der Waals surface area contributed by atoms with E-state index in [4.69, 9.17) is 5.73 Å². The summed E-state index contributed by atoms with van der Waals surface area (Å²) in [6, 6.07) is 11.9. The summed E-state index contributed by atoms with van der Waals surface area (Å²) in [4.78, 5) is 0.221. The van der Waals surface area contributed by atoms with Crippen molar-refractivity contribution >= 4 is 31.6 Å². The van der Waals surface area contributed by atoms with Gasteiger partial charge in [-0.1, -0.05) is 28.1 Å². The molecule has 4 nitrogen and oxygen atoms in total. The van der Waals surface area contributed by atoms with E-state index in [2.05, 4.69) is 20.7 Å². The van der Waals surface area contributed by atoms with E-state index in [1.54, 1.807) is 19.1 Å². The molecule has 2 aromatic rings. The monoisotopic (exact) mass is 368 g/mol. The van der Waals surface area contributed by atoms with Crippen LogP contribution in [-0.2, 0) is 10.0 Å². The van der Waals surface area contributed by atoms with Crippen molar-refractivity contribution in [1.29, 1.82) is 0 Å². The van der Waals surface area contributed by atoms with Crippen molar-refractivity contribution in [1.82, 2.24) is 4.72 Å². The Morgan fingerprint density at radius 1 is 1.14 bits per heavy atom. The van der Waals surface area contributed by atoms with Gasteiger partial charge in [0.15, 0.2) is 0 Å². The van der Waals surface area contributed by atoms with Crippen LogP contribution in [0.2, 0.25) is 0 Å². The molecule has 0 aliphatic heterocycles. The third-order valence-electron chi connectivity index (χ3n) is 3.25. The molecule has 6 heteroatoms. The summed E-state index contributed by atoms with van der Waals surface area (Å²) in [7, 11) is -3.57. The molecule has 2 rings (SSSR count). The Morgan fingerprint density at radius 3 is 2.33 bits per heavy atom. The van der Waals surface area contributed by atoms with Crippen LogP contribution in [0.25, 0.3) is 0 Å². The zero-order valence-electron chi connectivity index (χ0n) is 11.8. The van der Waals surface area contributed by atoms with Gasteiger partial charge in [-0.2, -0.15) is 0 Å². The van der Waals surface area contributed by atoms with E-state index in [9.17, 15) is 8.42 Å². The molecule has 1 atom stereocenters. The highest BCUT2D eigenvalue weighted by molar-refractivity contribution is 9.10. The van der Waals surface area contributed by atoms with Crippen LogP contribution in [0.15, 0.2) is 51.8 Å². The van der Waals surface area contributed by atoms with Crippen molar-refractivity contribution in [2.45, 2.75) is 24.8 Å². The first-order chi connectivity index (χ1) is 9.79. The number of nitrogen functional groups attached to an aromatic ring is 1. The molecule has 0 saturated heterocycles. The standard InChI is InChI=1S/C15H17BrN2O2S/c1-10-9-14(7-8-15(10)17)21(19,20)18-11(2)12-3-5-13(16)6-4-12/h3-9,11,18H,17H2,1-2H3. The van der Waals surface area contributed by atoms with E-state index in [1.807, 2.05) is 31.2 Å². The Hall–Kier alpha value is -1.37. The summed E-state index contributed by atoms with van der Waals surface area (Å²) in [5, 5.41) is 0. The summed E-state index contributed by atoms with van der Waals surface area (Å²) >= 11 is 3.36. The van der Waals surface area contributed by atoms with E-state index >= 15 is 0 Å². The largest absolute Gasteiger partial charge is 0.399 e. The lowest BCUT2D eigenvalue weighted by Gasteiger charge is -2.15. The minimum atomic E-state index is -3.57. The van der Waals surface area contributed by atoms with Crippen LogP contribution in [0, 0.1) is 6.92 Å². The van der Waals surface area contributed by atoms with E-state index in [0.29, 0.717) is 5.69 Å². The number of nitrogens with one attached hydrogen (secondary N) is 1. The van der Waals surface area contributed by atoms with E-state index in [0.717, 1.165) is 15.6 Å². The minimum Gasteiger partial charge on any atom is -0.399 e. The molecule has 0 aromatic heterocycles. The van der Waals surface area contributed by atoms with Gasteiger partial charge in [-0.25, -0.2) is 13.1 Å². The number of hydrogen-bond donors (Lipinski definition) is 2. The molecule has 0 radical (unpaired) electrons. The molecule has 0 saturated carbocycles. The molecular formula is C15H17BrN2O2S. The predicted molar refractivity (Wildman–Crippen MR) is 88.5 cm³/mol. The van der Waals surface area contributed by atoms with Crippen LogP contribution >= 0.6 is 15.9 Å². The fraction of sp³-hybridized carbons (Fsp3) is 0.200. The quantitative estimate of drug-likeness (QED) is 0.812. The number of aryl methyl sites for hydroxylation is 1. The third kappa shape index (κ3) is 3.84. The highest BCUT2D eigenvalue weighted by Gasteiger charge is 2.18. The maximum Gasteiger partial charge on any atom is 0.241 e. The zero-order valence-corrected chi connectivity index (χ0v) is 14.2. The van der Waals surface area contributed by atoms with Crippen molar-refractivity contribution in [3.05, 3.63) is 58.1 Å². The molecule has 0 aliphatic rings. The number of benzene rings is 2. The third-order valence-corrected chi connectivity index (χ3v) is 5.32. The van der Waals surface area contributed by atoms with Gasteiger partial charge < -0.3 is 5.73 Å². The Morgan fingerprint density at radius 2 is 1.76 bits per heavy atom. The number of hydrogen-bond acceptors (Lipinski definition) is 3. The van der Waals surface area contributed by atoms with Crippen LogP contribution < -0.4 is 10.5 Å². The van der Waals surface area contributed by atoms with Gasteiger partial charge in [0.1, 0.15) is 0 Å². The van der Waals surface area contributed by atoms with Crippen LogP contribution in [0.3, 0.4) is 0 Å². The van der Waals surface area contributed by atoms with Crippen LogP contribution in [0.4, 0.5) is 5.69 Å². The summed E-state index contributed by atoms with van der Waals surface area (Å²) in [5.74, 6) is 0. The Balaban J connectivity index is 2.24. The Labute approximate surface area is 133 Å². The van der Waals surface area contributed by atoms with Crippen molar-refractivity contribution in [3.8, 4) is 0 Å². The lowest BCUT2D eigenvalue weighted by atomic mass is 10.1. The first kappa shape index (κ1) is 16.0. The van der Waals surface area contributed by atoms with Crippen molar-refractivity contribution in [2.24, 2.45) is 0 Å². The second kappa shape index (κ2) is 6.17. The van der Waals surface area contributed by atoms with Crippen LogP contribution in [0.1, 0.15) is 24.1 Å². The van der Waals surface area contributed by atoms with Gasteiger partial charge >= 0.3 is 0 Å². The highest BCUT2D eigenvalue weighted by Crippen LogP contribution is 2.21. The smallest absolute Gasteiger partial charge is 0.241 e. The lowest BCUT2D eigenvalue weighted by molar-refractivity contribution is 0.567. The topological polar surface area (TPSA) is 72.2 Å². The fourth-order valence-corrected chi connectivity index (χ4v) is 3.52. The maximum absolute atomic E-state index is 12.4. The Kier molecular flexibility index (Phi) is 4.70. The van der Waals surface area contributed by atoms with Gasteiger partial charge in [-0.3, -0.25) is 0 Å². The molecule has 112 valence electrons. The van der Waals surface area contributed by atoms with Gasteiger partial charge in [0.2, 0.25) is 10.0 Å². The van der Waals surface area contributed by atoms with Crippen molar-refractivity contribution < 1.29 is 8.42 Å². The minimum absolute atomic E-state index is 0.221. The van der Waals surface area contributed by atoms with E-state index < -0.39 is 10.0 Å². The molecule has 0 bridgehead atoms. The number of anilines is 1. The molecule has 21 heavy (non-hydrogen) atoms. The molecule has 2 aromatic carbocycles. The lowest BCUT2D eigenvalue weighted by Crippen LogP contribution is -2.27. The number of sulfonamides is 1. The second-order valence-electron chi connectivity index (χ2n) is 4.91. The van der Waals surface area contributed by atoms with Crippen LogP contribution in [-0.4, -0.2) is 8.42 Å². The Bertz CT molecular complexity index is 743. The molecule has 0 heterocycles. The molecule has 0 aliphatic carbocycles. The fourth-order valence-electron chi connectivity index (χ4n) is 1.94. The van der Waals surface area contributed by atoms with Gasteiger partial charge in [0.25, 0.3) is 0 Å². The molecule has 0 amide bonds. The number of rotatable bonds is 4. The first-order valence-corrected chi connectivity index (χ1v) is 8.71. The summed E-state index contributed by atoms with van der Waals surface area (Å²) in [6.45, 7) is 3.59. The van der Waals surface area contributed by atoms with E-state index in [1.165, 1.54) is 6.07 Å². The van der Waals surface area contributed by atoms with E-state index in [-0.39, 0.29) is 10.9 Å². The molecule has 0 fully saturated rings. The number of halogens is 1. The predicted octanol–water partition coefficient (Wildman–Crippen LogP) is 3.38. The number of nitrogens with two attached hydrogens (primary N) is 1. The highest BCUT2D eigenvalue weighted by atomic mass is 79.9. The summed E-state index contributed by atoms with van der Waals surface area (Å²) < 4.78 is 28.4. The second-order valence-corrected chi connectivity index (χ2v) is 7.54. The van der Waals surface area contributed by atoms with Gasteiger partial charge in [0, 0.05) is 16.2 Å². The van der Waals surface area contributed by atoms with Gasteiger partial charge in [0.05, 0.1) is 4.90 Å². The van der Waals surface area contributed by atoms with Gasteiger partial charge in [-0.05, 0) is 55.3 Å². The van der Waals surface area contributed by atoms with Gasteiger partial charge in [-0.15, -0.1) is 0 Å². The molecule has 3 N–H and O–H groups in total. The normalized spacial score (nSPS) is 13.1. The molecule has 0 spiro atoms. The average Bonchev–Trinajstić information content (AvgIpc) is 2.42.